The molecule has 0 atom stereocenters. The molecule has 0 amide bonds. The number of carbonyl (C=O) groups is 1. The van der Waals surface area contributed by atoms with Gasteiger partial charge in [0.15, 0.2) is 0 Å². The highest BCUT2D eigenvalue weighted by atomic mass is 16.2. The number of rotatable bonds is 4. The summed E-state index contributed by atoms with van der Waals surface area (Å²) in [5.41, 5.74) is 3.84. The number of nitrogens with zero attached hydrogens (tertiary/aromatic N) is 5. The fourth-order valence-corrected chi connectivity index (χ4v) is 4.05. The number of fused-ring (bicyclic) bond motifs is 2. The quantitative estimate of drug-likeness (QED) is 0.419. The average Bonchev–Trinajstić information content (AvgIpc) is 3.37. The Labute approximate surface area is 197 Å². The zero-order valence-electron chi connectivity index (χ0n) is 20.0. The van der Waals surface area contributed by atoms with Gasteiger partial charge in [-0.15, -0.1) is 0 Å². The van der Waals surface area contributed by atoms with Gasteiger partial charge in [0, 0.05) is 30.0 Å². The molecular weight excluding hydrogens is 428 g/mol. The van der Waals surface area contributed by atoms with E-state index in [4.69, 9.17) is 0 Å². The highest BCUT2D eigenvalue weighted by Crippen LogP contribution is 2.26. The molecule has 8 heteroatoms. The molecule has 0 aliphatic carbocycles. The minimum atomic E-state index is -0.260. The molecule has 5 aromatic rings. The summed E-state index contributed by atoms with van der Waals surface area (Å²) in [4.78, 5) is 26.1. The predicted molar refractivity (Wildman–Crippen MR) is 136 cm³/mol. The van der Waals surface area contributed by atoms with Crippen LogP contribution >= 0.6 is 0 Å². The lowest BCUT2D eigenvalue weighted by molar-refractivity contribution is 0.0871. The van der Waals surface area contributed by atoms with E-state index in [9.17, 15) is 9.59 Å². The van der Waals surface area contributed by atoms with Crippen molar-refractivity contribution in [3.8, 4) is 0 Å². The molecule has 0 aliphatic rings. The molecule has 2 aromatic carbocycles. The van der Waals surface area contributed by atoms with Gasteiger partial charge >= 0.3 is 0 Å². The SMILES string of the molecule is CC.Cc1cc(C)n(C(=O)Cn2ccc3cccc(Nc4ccc5c(cnn5C)c4)c3c2=O)n1. The predicted octanol–water partition coefficient (Wildman–Crippen LogP) is 4.81. The lowest BCUT2D eigenvalue weighted by Crippen LogP contribution is -2.28. The van der Waals surface area contributed by atoms with Crippen LogP contribution in [0.5, 0.6) is 0 Å². The van der Waals surface area contributed by atoms with Gasteiger partial charge in [0.25, 0.3) is 11.5 Å². The summed E-state index contributed by atoms with van der Waals surface area (Å²) < 4.78 is 4.59. The molecule has 0 unspecified atom stereocenters. The lowest BCUT2D eigenvalue weighted by atomic mass is 10.1. The third kappa shape index (κ3) is 4.22. The summed E-state index contributed by atoms with van der Waals surface area (Å²) in [6.45, 7) is 7.56. The second-order valence-corrected chi connectivity index (χ2v) is 7.92. The molecule has 0 aliphatic heterocycles. The molecule has 8 nitrogen and oxygen atoms in total. The molecule has 0 radical (unpaired) electrons. The molecule has 5 rings (SSSR count). The summed E-state index contributed by atoms with van der Waals surface area (Å²) in [6.07, 6.45) is 3.46. The Bertz CT molecular complexity index is 1560. The van der Waals surface area contributed by atoms with Crippen molar-refractivity contribution in [3.63, 3.8) is 0 Å². The molecule has 3 heterocycles. The number of benzene rings is 2. The van der Waals surface area contributed by atoms with E-state index in [0.29, 0.717) is 11.1 Å². The first kappa shape index (κ1) is 23.0. The second-order valence-electron chi connectivity index (χ2n) is 7.92. The smallest absolute Gasteiger partial charge is 0.267 e. The van der Waals surface area contributed by atoms with E-state index in [2.05, 4.69) is 15.5 Å². The van der Waals surface area contributed by atoms with E-state index in [0.717, 1.165) is 33.4 Å². The van der Waals surface area contributed by atoms with Gasteiger partial charge in [-0.2, -0.15) is 10.2 Å². The van der Waals surface area contributed by atoms with Crippen LogP contribution in [0.4, 0.5) is 11.4 Å². The zero-order chi connectivity index (χ0) is 24.4. The molecule has 0 saturated heterocycles. The molecule has 34 heavy (non-hydrogen) atoms. The number of carbonyl (C=O) groups excluding carboxylic acids is 1. The number of hydrogen-bond donors (Lipinski definition) is 1. The first-order valence-corrected chi connectivity index (χ1v) is 11.3. The summed E-state index contributed by atoms with van der Waals surface area (Å²) >= 11 is 0. The van der Waals surface area contributed by atoms with Gasteiger partial charge in [-0.3, -0.25) is 14.3 Å². The minimum Gasteiger partial charge on any atom is -0.355 e. The zero-order valence-corrected chi connectivity index (χ0v) is 20.0. The van der Waals surface area contributed by atoms with Crippen molar-refractivity contribution in [1.29, 1.82) is 0 Å². The standard InChI is InChI=1S/C24H22N6O2.C2H6/c1-15-11-16(2)30(27-15)22(31)14-29-10-9-17-5-4-6-20(23(17)24(29)32)26-19-7-8-21-18(12-19)13-25-28(21)3;1-2/h4-13,26H,14H2,1-3H3;1-2H3. The van der Waals surface area contributed by atoms with Gasteiger partial charge in [-0.05, 0) is 55.6 Å². The van der Waals surface area contributed by atoms with Crippen molar-refractivity contribution in [2.75, 3.05) is 5.32 Å². The molecule has 3 aromatic heterocycles. The Balaban J connectivity index is 0.00000133. The number of nitrogens with one attached hydrogen (secondary N) is 1. The van der Waals surface area contributed by atoms with Gasteiger partial charge in [-0.25, -0.2) is 4.68 Å². The molecule has 0 saturated carbocycles. The minimum absolute atomic E-state index is 0.0906. The number of pyridine rings is 1. The molecule has 1 N–H and O–H groups in total. The van der Waals surface area contributed by atoms with Crippen LogP contribution in [0.25, 0.3) is 21.7 Å². The number of aryl methyl sites for hydroxylation is 3. The third-order valence-electron chi connectivity index (χ3n) is 5.58. The first-order chi connectivity index (χ1) is 16.4. The second kappa shape index (κ2) is 9.35. The van der Waals surface area contributed by atoms with Crippen molar-refractivity contribution in [1.82, 2.24) is 24.1 Å². The Morgan fingerprint density at radius 2 is 1.82 bits per heavy atom. The van der Waals surface area contributed by atoms with Crippen LogP contribution in [0.1, 0.15) is 30.0 Å². The van der Waals surface area contributed by atoms with Crippen LogP contribution < -0.4 is 10.9 Å². The van der Waals surface area contributed by atoms with Crippen molar-refractivity contribution in [2.24, 2.45) is 7.05 Å². The van der Waals surface area contributed by atoms with Crippen LogP contribution in [0, 0.1) is 13.8 Å². The molecular formula is C26H28N6O2. The normalized spacial score (nSPS) is 10.9. The van der Waals surface area contributed by atoms with Gasteiger partial charge in [0.1, 0.15) is 6.54 Å². The van der Waals surface area contributed by atoms with Crippen LogP contribution in [0.3, 0.4) is 0 Å². The highest BCUT2D eigenvalue weighted by molar-refractivity contribution is 5.95. The van der Waals surface area contributed by atoms with E-state index in [1.165, 1.54) is 9.25 Å². The summed E-state index contributed by atoms with van der Waals surface area (Å²) in [6, 6.07) is 15.3. The number of aromatic nitrogens is 5. The van der Waals surface area contributed by atoms with Gasteiger partial charge in [0.2, 0.25) is 0 Å². The van der Waals surface area contributed by atoms with Crippen molar-refractivity contribution in [3.05, 3.63) is 82.7 Å². The summed E-state index contributed by atoms with van der Waals surface area (Å²) in [5, 5.41) is 14.2. The molecule has 0 bridgehead atoms. The largest absolute Gasteiger partial charge is 0.355 e. The maximum absolute atomic E-state index is 13.3. The Morgan fingerprint density at radius 1 is 1.03 bits per heavy atom. The number of hydrogen-bond acceptors (Lipinski definition) is 5. The van der Waals surface area contributed by atoms with E-state index in [-0.39, 0.29) is 18.0 Å². The molecule has 174 valence electrons. The van der Waals surface area contributed by atoms with Gasteiger partial charge < -0.3 is 9.88 Å². The third-order valence-corrected chi connectivity index (χ3v) is 5.58. The molecule has 0 fully saturated rings. The van der Waals surface area contributed by atoms with Gasteiger partial charge in [-0.1, -0.05) is 26.0 Å². The lowest BCUT2D eigenvalue weighted by Gasteiger charge is -2.12. The maximum atomic E-state index is 13.3. The Hall–Kier alpha value is -4.20. The van der Waals surface area contributed by atoms with Crippen LogP contribution in [-0.4, -0.2) is 30.0 Å². The van der Waals surface area contributed by atoms with E-state index >= 15 is 0 Å². The van der Waals surface area contributed by atoms with Gasteiger partial charge in [0.05, 0.1) is 28.5 Å². The molecule has 0 spiro atoms. The topological polar surface area (TPSA) is 86.7 Å². The van der Waals surface area contributed by atoms with E-state index in [1.54, 1.807) is 12.4 Å². The summed E-state index contributed by atoms with van der Waals surface area (Å²) in [7, 11) is 1.90. The maximum Gasteiger partial charge on any atom is 0.267 e. The van der Waals surface area contributed by atoms with Crippen LogP contribution in [0.15, 0.2) is 65.7 Å². The van der Waals surface area contributed by atoms with Crippen LogP contribution in [0.2, 0.25) is 0 Å². The van der Waals surface area contributed by atoms with Crippen LogP contribution in [-0.2, 0) is 13.6 Å². The monoisotopic (exact) mass is 456 g/mol. The van der Waals surface area contributed by atoms with Crippen molar-refractivity contribution in [2.45, 2.75) is 34.2 Å². The summed E-state index contributed by atoms with van der Waals surface area (Å²) in [5.74, 6) is -0.260. The fourth-order valence-electron chi connectivity index (χ4n) is 4.05. The Morgan fingerprint density at radius 3 is 2.56 bits per heavy atom. The first-order valence-electron chi connectivity index (χ1n) is 11.3. The van der Waals surface area contributed by atoms with E-state index < -0.39 is 0 Å². The van der Waals surface area contributed by atoms with Crippen molar-refractivity contribution >= 4 is 39.0 Å². The highest BCUT2D eigenvalue weighted by Gasteiger charge is 2.14. The Kier molecular flexibility index (Phi) is 6.32. The average molecular weight is 457 g/mol. The number of anilines is 2. The fraction of sp³-hybridized carbons (Fsp3) is 0.231. The van der Waals surface area contributed by atoms with Crippen molar-refractivity contribution < 1.29 is 4.79 Å². The van der Waals surface area contributed by atoms with E-state index in [1.807, 2.05) is 88.0 Å².